The molecule has 0 radical (unpaired) electrons. The van der Waals surface area contributed by atoms with Crippen LogP contribution in [0.2, 0.25) is 0 Å². The zero-order chi connectivity index (χ0) is 18.1. The van der Waals surface area contributed by atoms with Gasteiger partial charge < -0.3 is 9.72 Å². The van der Waals surface area contributed by atoms with Gasteiger partial charge in [-0.05, 0) is 49.2 Å². The predicted molar refractivity (Wildman–Crippen MR) is 96.1 cm³/mol. The third-order valence-electron chi connectivity index (χ3n) is 3.39. The van der Waals surface area contributed by atoms with Gasteiger partial charge in [0.05, 0.1) is 12.8 Å². The number of ether oxygens (including phenoxy) is 1. The van der Waals surface area contributed by atoms with Crippen molar-refractivity contribution in [2.45, 2.75) is 33.1 Å². The standard InChI is InChI=1S/C18H22N4O3/c1-3-4-5-10-25-15-8-6-14(7-9-15)12-19-22-17(23)16-11-13(2)20-18(24)21-16/h6-9,11-12H,3-5,10H2,1-2H3,(H,22,23)(H,20,21,24)/b19-12+. The van der Waals surface area contributed by atoms with Crippen LogP contribution in [0, 0.1) is 6.92 Å². The largest absolute Gasteiger partial charge is 0.494 e. The molecule has 0 unspecified atom stereocenters. The van der Waals surface area contributed by atoms with E-state index in [1.54, 1.807) is 6.92 Å². The van der Waals surface area contributed by atoms with Crippen LogP contribution >= 0.6 is 0 Å². The fourth-order valence-electron chi connectivity index (χ4n) is 2.11. The second kappa shape index (κ2) is 9.36. The molecule has 0 bridgehead atoms. The molecule has 0 aliphatic carbocycles. The summed E-state index contributed by atoms with van der Waals surface area (Å²) in [7, 11) is 0. The Balaban J connectivity index is 1.87. The maximum absolute atomic E-state index is 11.9. The lowest BCUT2D eigenvalue weighted by molar-refractivity contribution is 0.0949. The number of carbonyl (C=O) groups excluding carboxylic acids is 1. The number of hydrogen-bond acceptors (Lipinski definition) is 5. The zero-order valence-corrected chi connectivity index (χ0v) is 14.4. The summed E-state index contributed by atoms with van der Waals surface area (Å²) in [6, 6.07) is 8.89. The summed E-state index contributed by atoms with van der Waals surface area (Å²) in [6.07, 6.45) is 4.88. The van der Waals surface area contributed by atoms with Gasteiger partial charge in [0, 0.05) is 5.69 Å². The number of aromatic amines is 1. The van der Waals surface area contributed by atoms with Gasteiger partial charge >= 0.3 is 5.69 Å². The van der Waals surface area contributed by atoms with Crippen LogP contribution in [0.15, 0.2) is 40.2 Å². The maximum Gasteiger partial charge on any atom is 0.345 e. The summed E-state index contributed by atoms with van der Waals surface area (Å²) >= 11 is 0. The number of hydrazone groups is 1. The number of unbranched alkanes of at least 4 members (excludes halogenated alkanes) is 2. The molecular weight excluding hydrogens is 320 g/mol. The third kappa shape index (κ3) is 6.21. The van der Waals surface area contributed by atoms with E-state index in [4.69, 9.17) is 4.74 Å². The van der Waals surface area contributed by atoms with Gasteiger partial charge in [0.2, 0.25) is 0 Å². The van der Waals surface area contributed by atoms with E-state index >= 15 is 0 Å². The molecule has 0 saturated carbocycles. The first-order chi connectivity index (χ1) is 12.1. The lowest BCUT2D eigenvalue weighted by Gasteiger charge is -2.05. The highest BCUT2D eigenvalue weighted by Crippen LogP contribution is 2.11. The fourth-order valence-corrected chi connectivity index (χ4v) is 2.11. The molecule has 0 fully saturated rings. The Morgan fingerprint density at radius 1 is 1.32 bits per heavy atom. The molecular formula is C18H22N4O3. The SMILES string of the molecule is CCCCCOc1ccc(/C=N/NC(=O)c2cc(C)[nH]c(=O)n2)cc1. The Labute approximate surface area is 146 Å². The molecule has 25 heavy (non-hydrogen) atoms. The van der Waals surface area contributed by atoms with Crippen molar-refractivity contribution >= 4 is 12.1 Å². The lowest BCUT2D eigenvalue weighted by atomic mass is 10.2. The minimum Gasteiger partial charge on any atom is -0.494 e. The van der Waals surface area contributed by atoms with Crippen LogP contribution in [0.5, 0.6) is 5.75 Å². The van der Waals surface area contributed by atoms with E-state index in [9.17, 15) is 9.59 Å². The van der Waals surface area contributed by atoms with E-state index in [0.717, 1.165) is 30.6 Å². The van der Waals surface area contributed by atoms with Gasteiger partial charge in [-0.15, -0.1) is 0 Å². The van der Waals surface area contributed by atoms with E-state index in [1.807, 2.05) is 24.3 Å². The number of H-pyrrole nitrogens is 1. The molecule has 1 heterocycles. The first kappa shape index (κ1) is 18.4. The molecule has 7 nitrogen and oxygen atoms in total. The summed E-state index contributed by atoms with van der Waals surface area (Å²) in [5.74, 6) is 0.266. The second-order valence-corrected chi connectivity index (χ2v) is 5.58. The summed E-state index contributed by atoms with van der Waals surface area (Å²) < 4.78 is 5.63. The monoisotopic (exact) mass is 342 g/mol. The average Bonchev–Trinajstić information content (AvgIpc) is 2.59. The van der Waals surface area contributed by atoms with Gasteiger partial charge in [0.25, 0.3) is 5.91 Å². The van der Waals surface area contributed by atoms with Crippen molar-refractivity contribution in [1.29, 1.82) is 0 Å². The van der Waals surface area contributed by atoms with Crippen molar-refractivity contribution in [3.05, 3.63) is 57.8 Å². The fraction of sp³-hybridized carbons (Fsp3) is 0.333. The zero-order valence-electron chi connectivity index (χ0n) is 14.4. The lowest BCUT2D eigenvalue weighted by Crippen LogP contribution is -2.24. The van der Waals surface area contributed by atoms with Crippen LogP contribution in [-0.2, 0) is 0 Å². The molecule has 1 amide bonds. The van der Waals surface area contributed by atoms with E-state index < -0.39 is 11.6 Å². The van der Waals surface area contributed by atoms with Gasteiger partial charge in [0.1, 0.15) is 11.4 Å². The third-order valence-corrected chi connectivity index (χ3v) is 3.39. The molecule has 0 aliphatic rings. The molecule has 0 saturated heterocycles. The Morgan fingerprint density at radius 3 is 2.76 bits per heavy atom. The van der Waals surface area contributed by atoms with E-state index in [0.29, 0.717) is 12.3 Å². The van der Waals surface area contributed by atoms with Crippen molar-refractivity contribution in [1.82, 2.24) is 15.4 Å². The van der Waals surface area contributed by atoms with Gasteiger partial charge in [0.15, 0.2) is 0 Å². The van der Waals surface area contributed by atoms with Gasteiger partial charge in [-0.25, -0.2) is 10.2 Å². The molecule has 7 heteroatoms. The maximum atomic E-state index is 11.9. The molecule has 1 aromatic heterocycles. The molecule has 0 spiro atoms. The number of benzene rings is 1. The number of hydrogen-bond donors (Lipinski definition) is 2. The van der Waals surface area contributed by atoms with Crippen molar-refractivity contribution in [2.24, 2.45) is 5.10 Å². The normalized spacial score (nSPS) is 10.8. The highest BCUT2D eigenvalue weighted by atomic mass is 16.5. The summed E-state index contributed by atoms with van der Waals surface area (Å²) in [5.41, 5.74) is 3.18. The Morgan fingerprint density at radius 2 is 2.08 bits per heavy atom. The second-order valence-electron chi connectivity index (χ2n) is 5.58. The molecule has 1 aromatic carbocycles. The number of carbonyl (C=O) groups is 1. The topological polar surface area (TPSA) is 96.4 Å². The molecule has 0 atom stereocenters. The van der Waals surface area contributed by atoms with E-state index in [-0.39, 0.29) is 5.69 Å². The first-order valence-corrected chi connectivity index (χ1v) is 8.22. The summed E-state index contributed by atoms with van der Waals surface area (Å²) in [4.78, 5) is 29.2. The van der Waals surface area contributed by atoms with Crippen molar-refractivity contribution in [2.75, 3.05) is 6.61 Å². The first-order valence-electron chi connectivity index (χ1n) is 8.22. The molecule has 2 N–H and O–H groups in total. The summed E-state index contributed by atoms with van der Waals surface area (Å²) in [5, 5.41) is 3.88. The predicted octanol–water partition coefficient (Wildman–Crippen LogP) is 2.41. The highest BCUT2D eigenvalue weighted by Gasteiger charge is 2.07. The molecule has 132 valence electrons. The van der Waals surface area contributed by atoms with Crippen molar-refractivity contribution in [3.8, 4) is 5.75 Å². The van der Waals surface area contributed by atoms with Crippen LogP contribution in [0.1, 0.15) is 47.9 Å². The Kier molecular flexibility index (Phi) is 6.88. The number of aromatic nitrogens is 2. The van der Waals surface area contributed by atoms with Gasteiger partial charge in [-0.3, -0.25) is 4.79 Å². The number of amides is 1. The minimum absolute atomic E-state index is 0.0224. The summed E-state index contributed by atoms with van der Waals surface area (Å²) in [6.45, 7) is 4.54. The average molecular weight is 342 g/mol. The van der Waals surface area contributed by atoms with E-state index in [2.05, 4.69) is 27.4 Å². The van der Waals surface area contributed by atoms with Crippen LogP contribution in [0.3, 0.4) is 0 Å². The highest BCUT2D eigenvalue weighted by molar-refractivity contribution is 5.93. The number of nitrogens with one attached hydrogen (secondary N) is 2. The van der Waals surface area contributed by atoms with Crippen LogP contribution in [-0.4, -0.2) is 28.7 Å². The number of nitrogens with zero attached hydrogens (tertiary/aromatic N) is 2. The molecule has 2 aromatic rings. The molecule has 2 rings (SSSR count). The van der Waals surface area contributed by atoms with Gasteiger partial charge in [-0.1, -0.05) is 19.8 Å². The quantitative estimate of drug-likeness (QED) is 0.437. The van der Waals surface area contributed by atoms with Gasteiger partial charge in [-0.2, -0.15) is 10.1 Å². The molecule has 0 aliphatic heterocycles. The van der Waals surface area contributed by atoms with Crippen molar-refractivity contribution in [3.63, 3.8) is 0 Å². The van der Waals surface area contributed by atoms with Crippen LogP contribution in [0.25, 0.3) is 0 Å². The smallest absolute Gasteiger partial charge is 0.345 e. The van der Waals surface area contributed by atoms with Crippen LogP contribution in [0.4, 0.5) is 0 Å². The minimum atomic E-state index is -0.566. The Bertz CT molecular complexity index is 782. The van der Waals surface area contributed by atoms with Crippen molar-refractivity contribution < 1.29 is 9.53 Å². The van der Waals surface area contributed by atoms with Crippen LogP contribution < -0.4 is 15.9 Å². The number of aryl methyl sites for hydroxylation is 1. The Hall–Kier alpha value is -2.96. The number of rotatable bonds is 8. The van der Waals surface area contributed by atoms with E-state index in [1.165, 1.54) is 12.3 Å².